The molecule has 2 N–H and O–H groups in total. The molecule has 2 aliphatic heterocycles. The SMILES string of the molecule is CCN1CCCC1CNC(=O)C(C)C1CNC1.Cl.Cl. The van der Waals surface area contributed by atoms with Gasteiger partial charge in [0.2, 0.25) is 5.91 Å². The number of carbonyl (C=O) groups is 1. The van der Waals surface area contributed by atoms with Gasteiger partial charge in [-0.2, -0.15) is 0 Å². The highest BCUT2D eigenvalue weighted by atomic mass is 35.5. The van der Waals surface area contributed by atoms with Gasteiger partial charge in [0.1, 0.15) is 0 Å². The highest BCUT2D eigenvalue weighted by Gasteiger charge is 2.29. The fourth-order valence-corrected chi connectivity index (χ4v) is 2.80. The van der Waals surface area contributed by atoms with Crippen LogP contribution in [0.25, 0.3) is 0 Å². The van der Waals surface area contributed by atoms with Crippen molar-refractivity contribution >= 4 is 30.7 Å². The zero-order chi connectivity index (χ0) is 12.3. The summed E-state index contributed by atoms with van der Waals surface area (Å²) in [6.45, 7) is 9.37. The van der Waals surface area contributed by atoms with Crippen LogP contribution < -0.4 is 10.6 Å². The van der Waals surface area contributed by atoms with Crippen LogP contribution in [0.2, 0.25) is 0 Å². The summed E-state index contributed by atoms with van der Waals surface area (Å²) in [5.41, 5.74) is 0. The Morgan fingerprint density at radius 3 is 2.63 bits per heavy atom. The van der Waals surface area contributed by atoms with Crippen molar-refractivity contribution in [1.82, 2.24) is 15.5 Å². The molecule has 2 aliphatic rings. The van der Waals surface area contributed by atoms with E-state index in [0.29, 0.717) is 12.0 Å². The molecule has 1 amide bonds. The van der Waals surface area contributed by atoms with Crippen LogP contribution in [0, 0.1) is 11.8 Å². The average molecular weight is 312 g/mol. The molecule has 0 aromatic rings. The molecule has 19 heavy (non-hydrogen) atoms. The average Bonchev–Trinajstić information content (AvgIpc) is 2.70. The number of carbonyl (C=O) groups excluding carboxylic acids is 1. The second kappa shape index (κ2) is 9.01. The largest absolute Gasteiger partial charge is 0.354 e. The van der Waals surface area contributed by atoms with Gasteiger partial charge in [-0.3, -0.25) is 9.69 Å². The van der Waals surface area contributed by atoms with E-state index in [1.54, 1.807) is 0 Å². The van der Waals surface area contributed by atoms with Gasteiger partial charge in [0, 0.05) is 18.5 Å². The molecule has 0 aliphatic carbocycles. The monoisotopic (exact) mass is 311 g/mol. The van der Waals surface area contributed by atoms with E-state index in [2.05, 4.69) is 22.5 Å². The Morgan fingerprint density at radius 2 is 2.11 bits per heavy atom. The van der Waals surface area contributed by atoms with E-state index in [0.717, 1.165) is 26.2 Å². The summed E-state index contributed by atoms with van der Waals surface area (Å²) in [5, 5.41) is 6.35. The predicted molar refractivity (Wildman–Crippen MR) is 83.3 cm³/mol. The minimum atomic E-state index is 0. The third kappa shape index (κ3) is 4.78. The highest BCUT2D eigenvalue weighted by Crippen LogP contribution is 2.18. The number of hydrogen-bond donors (Lipinski definition) is 2. The van der Waals surface area contributed by atoms with Crippen LogP contribution in [-0.4, -0.2) is 49.6 Å². The smallest absolute Gasteiger partial charge is 0.223 e. The summed E-state index contributed by atoms with van der Waals surface area (Å²) in [5.74, 6) is 0.938. The van der Waals surface area contributed by atoms with Gasteiger partial charge < -0.3 is 10.6 Å². The van der Waals surface area contributed by atoms with Crippen molar-refractivity contribution in [1.29, 1.82) is 0 Å². The number of likely N-dealkylation sites (tertiary alicyclic amines) is 1. The van der Waals surface area contributed by atoms with Crippen LogP contribution in [0.4, 0.5) is 0 Å². The quantitative estimate of drug-likeness (QED) is 0.804. The van der Waals surface area contributed by atoms with E-state index in [-0.39, 0.29) is 36.6 Å². The van der Waals surface area contributed by atoms with Gasteiger partial charge in [0.05, 0.1) is 0 Å². The van der Waals surface area contributed by atoms with Crippen molar-refractivity contribution in [2.45, 2.75) is 32.7 Å². The lowest BCUT2D eigenvalue weighted by Crippen LogP contribution is -2.50. The van der Waals surface area contributed by atoms with Crippen LogP contribution >= 0.6 is 24.8 Å². The molecule has 2 rings (SSSR count). The number of likely N-dealkylation sites (N-methyl/N-ethyl adjacent to an activating group) is 1. The molecule has 0 aromatic heterocycles. The number of hydrogen-bond acceptors (Lipinski definition) is 3. The second-order valence-corrected chi connectivity index (χ2v) is 5.38. The van der Waals surface area contributed by atoms with Crippen molar-refractivity contribution in [3.05, 3.63) is 0 Å². The molecule has 0 radical (unpaired) electrons. The predicted octanol–water partition coefficient (Wildman–Crippen LogP) is 1.29. The van der Waals surface area contributed by atoms with E-state index < -0.39 is 0 Å². The molecule has 4 nitrogen and oxygen atoms in total. The van der Waals surface area contributed by atoms with Crippen LogP contribution in [0.3, 0.4) is 0 Å². The summed E-state index contributed by atoms with van der Waals surface area (Å²) < 4.78 is 0. The van der Waals surface area contributed by atoms with Gasteiger partial charge in [-0.1, -0.05) is 13.8 Å². The molecule has 114 valence electrons. The first-order chi connectivity index (χ1) is 8.22. The lowest BCUT2D eigenvalue weighted by molar-refractivity contribution is -0.126. The van der Waals surface area contributed by atoms with Gasteiger partial charge in [-0.15, -0.1) is 24.8 Å². The van der Waals surface area contributed by atoms with E-state index in [9.17, 15) is 4.79 Å². The van der Waals surface area contributed by atoms with Gasteiger partial charge in [0.15, 0.2) is 0 Å². The van der Waals surface area contributed by atoms with Crippen molar-refractivity contribution in [3.8, 4) is 0 Å². The first-order valence-electron chi connectivity index (χ1n) is 6.94. The van der Waals surface area contributed by atoms with Crippen LogP contribution in [0.1, 0.15) is 26.7 Å². The Bertz CT molecular complexity index is 275. The van der Waals surface area contributed by atoms with Crippen molar-refractivity contribution < 1.29 is 4.79 Å². The Kier molecular flexibility index (Phi) is 8.99. The van der Waals surface area contributed by atoms with Crippen LogP contribution in [0.5, 0.6) is 0 Å². The summed E-state index contributed by atoms with van der Waals surface area (Å²) in [7, 11) is 0. The van der Waals surface area contributed by atoms with Gasteiger partial charge in [-0.25, -0.2) is 0 Å². The second-order valence-electron chi connectivity index (χ2n) is 5.38. The summed E-state index contributed by atoms with van der Waals surface area (Å²) in [6, 6.07) is 0.565. The minimum absolute atomic E-state index is 0. The lowest BCUT2D eigenvalue weighted by atomic mass is 9.88. The molecular formula is C13H27Cl2N3O. The fraction of sp³-hybridized carbons (Fsp3) is 0.923. The van der Waals surface area contributed by atoms with Crippen molar-refractivity contribution in [2.75, 3.05) is 32.7 Å². The molecule has 2 fully saturated rings. The normalized spacial score (nSPS) is 24.8. The van der Waals surface area contributed by atoms with E-state index in [1.807, 2.05) is 6.92 Å². The molecule has 6 heteroatoms. The van der Waals surface area contributed by atoms with Crippen molar-refractivity contribution in [2.24, 2.45) is 11.8 Å². The van der Waals surface area contributed by atoms with E-state index in [4.69, 9.17) is 0 Å². The van der Waals surface area contributed by atoms with Gasteiger partial charge in [-0.05, 0) is 44.9 Å². The molecule has 0 aromatic carbocycles. The Labute approximate surface area is 128 Å². The minimum Gasteiger partial charge on any atom is -0.354 e. The molecule has 0 spiro atoms. The fourth-order valence-electron chi connectivity index (χ4n) is 2.80. The molecule has 2 unspecified atom stereocenters. The molecule has 0 saturated carbocycles. The Morgan fingerprint density at radius 1 is 1.42 bits per heavy atom. The van der Waals surface area contributed by atoms with Crippen LogP contribution in [0.15, 0.2) is 0 Å². The molecule has 2 saturated heterocycles. The number of amides is 1. The zero-order valence-corrected chi connectivity index (χ0v) is 13.5. The Hall–Kier alpha value is -0.0300. The first kappa shape index (κ1) is 19.0. The number of rotatable bonds is 5. The zero-order valence-electron chi connectivity index (χ0n) is 11.9. The topological polar surface area (TPSA) is 44.4 Å². The van der Waals surface area contributed by atoms with E-state index >= 15 is 0 Å². The van der Waals surface area contributed by atoms with Crippen molar-refractivity contribution in [3.63, 3.8) is 0 Å². The summed E-state index contributed by atoms with van der Waals surface area (Å²) >= 11 is 0. The standard InChI is InChI=1S/C13H25N3O.2ClH/c1-3-16-6-4-5-12(16)9-15-13(17)10(2)11-7-14-8-11;;/h10-12,14H,3-9H2,1-2H3,(H,15,17);2*1H. The number of nitrogens with zero attached hydrogens (tertiary/aromatic N) is 1. The number of nitrogens with one attached hydrogen (secondary N) is 2. The summed E-state index contributed by atoms with van der Waals surface area (Å²) in [4.78, 5) is 14.4. The Balaban J connectivity index is 0.00000162. The highest BCUT2D eigenvalue weighted by molar-refractivity contribution is 5.85. The maximum Gasteiger partial charge on any atom is 0.223 e. The maximum absolute atomic E-state index is 12.0. The molecule has 2 atom stereocenters. The van der Waals surface area contributed by atoms with Gasteiger partial charge >= 0.3 is 0 Å². The van der Waals surface area contributed by atoms with Gasteiger partial charge in [0.25, 0.3) is 0 Å². The molecular weight excluding hydrogens is 285 g/mol. The summed E-state index contributed by atoms with van der Waals surface area (Å²) in [6.07, 6.45) is 2.50. The third-order valence-electron chi connectivity index (χ3n) is 4.35. The third-order valence-corrected chi connectivity index (χ3v) is 4.35. The lowest BCUT2D eigenvalue weighted by Gasteiger charge is -2.32. The first-order valence-corrected chi connectivity index (χ1v) is 6.94. The van der Waals surface area contributed by atoms with E-state index in [1.165, 1.54) is 19.4 Å². The maximum atomic E-state index is 12.0. The molecule has 2 heterocycles. The number of halogens is 2. The van der Waals surface area contributed by atoms with Crippen LogP contribution in [-0.2, 0) is 4.79 Å². The molecule has 0 bridgehead atoms.